The second-order valence-corrected chi connectivity index (χ2v) is 7.74. The lowest BCUT2D eigenvalue weighted by Crippen LogP contribution is -2.37. The zero-order chi connectivity index (χ0) is 23.0. The Morgan fingerprint density at radius 3 is 2.59 bits per heavy atom. The highest BCUT2D eigenvalue weighted by atomic mass is 35.5. The van der Waals surface area contributed by atoms with Crippen LogP contribution in [0.1, 0.15) is 16.7 Å². The summed E-state index contributed by atoms with van der Waals surface area (Å²) in [5.74, 6) is -0.294. The third-order valence-electron chi connectivity index (χ3n) is 5.30. The number of aromatic nitrogens is 4. The van der Waals surface area contributed by atoms with E-state index in [0.29, 0.717) is 6.54 Å². The summed E-state index contributed by atoms with van der Waals surface area (Å²) in [5, 5.41) is 4.29. The number of hydrogen-bond donors (Lipinski definition) is 1. The van der Waals surface area contributed by atoms with E-state index in [1.165, 1.54) is 30.0 Å². The molecule has 0 amide bonds. The molecule has 0 spiro atoms. The van der Waals surface area contributed by atoms with Crippen molar-refractivity contribution in [2.24, 2.45) is 19.2 Å². The molecule has 2 heterocycles. The summed E-state index contributed by atoms with van der Waals surface area (Å²) < 4.78 is 18.0. The van der Waals surface area contributed by atoms with Crippen LogP contribution in [0.4, 0.5) is 10.3 Å². The highest BCUT2D eigenvalue weighted by Gasteiger charge is 2.19. The maximum atomic E-state index is 14.0. The van der Waals surface area contributed by atoms with Crippen LogP contribution in [0.2, 0.25) is 5.02 Å². The maximum Gasteiger partial charge on any atom is 0.332 e. The molecule has 0 fully saturated rings. The summed E-state index contributed by atoms with van der Waals surface area (Å²) >= 11 is 6.05. The van der Waals surface area contributed by atoms with Crippen LogP contribution in [0, 0.1) is 12.7 Å². The van der Waals surface area contributed by atoms with Crippen LogP contribution in [0.5, 0.6) is 0 Å². The van der Waals surface area contributed by atoms with Crippen LogP contribution in [-0.4, -0.2) is 24.9 Å². The number of halogens is 2. The second-order valence-electron chi connectivity index (χ2n) is 7.33. The first kappa shape index (κ1) is 21.5. The standard InChI is InChI=1S/C22H20ClFN6O2/c1-13-7-4-5-8-14(13)12-30-18-19(28(2)22(32)29(3)20(18)31)26-21(30)27-25-11-15-16(23)9-6-10-17(15)24/h4-11H,12H2,1-3H3,(H,26,27). The van der Waals surface area contributed by atoms with Crippen LogP contribution in [0.3, 0.4) is 0 Å². The van der Waals surface area contributed by atoms with Gasteiger partial charge >= 0.3 is 5.69 Å². The predicted octanol–water partition coefficient (Wildman–Crippen LogP) is 3.03. The van der Waals surface area contributed by atoms with Crippen LogP contribution < -0.4 is 16.7 Å². The van der Waals surface area contributed by atoms with Crippen molar-refractivity contribution in [2.45, 2.75) is 13.5 Å². The molecule has 0 saturated carbocycles. The number of rotatable bonds is 5. The topological polar surface area (TPSA) is 86.2 Å². The van der Waals surface area contributed by atoms with Gasteiger partial charge in [-0.05, 0) is 30.2 Å². The lowest BCUT2D eigenvalue weighted by atomic mass is 10.1. The van der Waals surface area contributed by atoms with Gasteiger partial charge in [0, 0.05) is 19.7 Å². The first-order valence-corrected chi connectivity index (χ1v) is 10.1. The largest absolute Gasteiger partial charge is 0.332 e. The molecule has 0 aliphatic carbocycles. The summed E-state index contributed by atoms with van der Waals surface area (Å²) in [5.41, 5.74) is 4.39. The van der Waals surface area contributed by atoms with E-state index in [4.69, 9.17) is 11.6 Å². The van der Waals surface area contributed by atoms with Crippen molar-refractivity contribution in [3.8, 4) is 0 Å². The molecule has 1 N–H and O–H groups in total. The van der Waals surface area contributed by atoms with Crippen molar-refractivity contribution in [1.29, 1.82) is 0 Å². The Bertz CT molecular complexity index is 1460. The summed E-state index contributed by atoms with van der Waals surface area (Å²) in [6, 6.07) is 12.1. The molecule has 2 aromatic carbocycles. The number of fused-ring (bicyclic) bond motifs is 1. The molecular weight excluding hydrogens is 435 g/mol. The number of nitrogens with one attached hydrogen (secondary N) is 1. The molecule has 32 heavy (non-hydrogen) atoms. The Morgan fingerprint density at radius 1 is 1.12 bits per heavy atom. The summed E-state index contributed by atoms with van der Waals surface area (Å²) in [6.07, 6.45) is 1.24. The minimum absolute atomic E-state index is 0.117. The molecule has 4 rings (SSSR count). The first-order valence-electron chi connectivity index (χ1n) is 9.73. The Balaban J connectivity index is 1.86. The molecule has 164 valence electrons. The van der Waals surface area contributed by atoms with E-state index >= 15 is 0 Å². The molecule has 0 aliphatic rings. The second kappa shape index (κ2) is 8.43. The number of nitrogens with zero attached hydrogens (tertiary/aromatic N) is 5. The van der Waals surface area contributed by atoms with Crippen molar-refractivity contribution < 1.29 is 4.39 Å². The predicted molar refractivity (Wildman–Crippen MR) is 123 cm³/mol. The molecular formula is C22H20ClFN6O2. The number of aryl methyl sites for hydroxylation is 2. The van der Waals surface area contributed by atoms with Gasteiger partial charge in [-0.3, -0.25) is 18.5 Å². The summed E-state index contributed by atoms with van der Waals surface area (Å²) in [4.78, 5) is 29.8. The van der Waals surface area contributed by atoms with Gasteiger partial charge in [-0.25, -0.2) is 14.6 Å². The van der Waals surface area contributed by atoms with Gasteiger partial charge in [-0.1, -0.05) is 41.9 Å². The highest BCUT2D eigenvalue weighted by Crippen LogP contribution is 2.20. The molecule has 0 radical (unpaired) electrons. The summed E-state index contributed by atoms with van der Waals surface area (Å²) in [6.45, 7) is 2.28. The van der Waals surface area contributed by atoms with Gasteiger partial charge in [0.15, 0.2) is 11.2 Å². The molecule has 0 saturated heterocycles. The first-order chi connectivity index (χ1) is 15.3. The van der Waals surface area contributed by atoms with Crippen molar-refractivity contribution in [1.82, 2.24) is 18.7 Å². The van der Waals surface area contributed by atoms with Crippen molar-refractivity contribution in [3.63, 3.8) is 0 Å². The van der Waals surface area contributed by atoms with Crippen molar-refractivity contribution in [2.75, 3.05) is 5.43 Å². The fraction of sp³-hybridized carbons (Fsp3) is 0.182. The van der Waals surface area contributed by atoms with Gasteiger partial charge in [0.05, 0.1) is 17.8 Å². The zero-order valence-electron chi connectivity index (χ0n) is 17.6. The van der Waals surface area contributed by atoms with Gasteiger partial charge in [-0.2, -0.15) is 10.1 Å². The minimum Gasteiger partial charge on any atom is -0.298 e. The number of imidazole rings is 1. The lowest BCUT2D eigenvalue weighted by molar-refractivity contribution is 0.626. The molecule has 0 bridgehead atoms. The fourth-order valence-electron chi connectivity index (χ4n) is 3.43. The Labute approximate surface area is 187 Å². The number of benzene rings is 2. The quantitative estimate of drug-likeness (QED) is 0.371. The van der Waals surface area contributed by atoms with E-state index in [2.05, 4.69) is 15.5 Å². The molecule has 4 aromatic rings. The van der Waals surface area contributed by atoms with Gasteiger partial charge in [0.2, 0.25) is 5.95 Å². The van der Waals surface area contributed by atoms with E-state index in [-0.39, 0.29) is 27.7 Å². The Morgan fingerprint density at radius 2 is 1.88 bits per heavy atom. The SMILES string of the molecule is Cc1ccccc1Cn1c(NN=Cc2c(F)cccc2Cl)nc2c1c(=O)n(C)c(=O)n2C. The third kappa shape index (κ3) is 3.71. The smallest absolute Gasteiger partial charge is 0.298 e. The molecule has 0 atom stereocenters. The number of anilines is 1. The van der Waals surface area contributed by atoms with Crippen LogP contribution in [0.25, 0.3) is 11.2 Å². The van der Waals surface area contributed by atoms with Gasteiger partial charge < -0.3 is 0 Å². The summed E-state index contributed by atoms with van der Waals surface area (Å²) in [7, 11) is 2.96. The normalized spacial score (nSPS) is 11.5. The average Bonchev–Trinajstić information content (AvgIpc) is 3.12. The minimum atomic E-state index is -0.521. The monoisotopic (exact) mass is 454 g/mol. The molecule has 8 nitrogen and oxygen atoms in total. The van der Waals surface area contributed by atoms with Crippen molar-refractivity contribution in [3.05, 3.63) is 90.8 Å². The molecule has 0 unspecified atom stereocenters. The fourth-order valence-corrected chi connectivity index (χ4v) is 3.64. The van der Waals surface area contributed by atoms with Crippen LogP contribution in [0.15, 0.2) is 57.2 Å². The van der Waals surface area contributed by atoms with Gasteiger partial charge in [0.1, 0.15) is 5.82 Å². The van der Waals surface area contributed by atoms with Crippen molar-refractivity contribution >= 4 is 34.9 Å². The van der Waals surface area contributed by atoms with E-state index in [9.17, 15) is 14.0 Å². The van der Waals surface area contributed by atoms with E-state index in [0.717, 1.165) is 15.7 Å². The third-order valence-corrected chi connectivity index (χ3v) is 5.63. The van der Waals surface area contributed by atoms with Gasteiger partial charge in [0.25, 0.3) is 5.56 Å². The highest BCUT2D eigenvalue weighted by molar-refractivity contribution is 6.33. The van der Waals surface area contributed by atoms with Crippen LogP contribution >= 0.6 is 11.6 Å². The van der Waals surface area contributed by atoms with E-state index in [1.54, 1.807) is 17.7 Å². The number of hydrogen-bond acceptors (Lipinski definition) is 5. The lowest BCUT2D eigenvalue weighted by Gasteiger charge is -2.11. The molecule has 10 heteroatoms. The average molecular weight is 455 g/mol. The van der Waals surface area contributed by atoms with E-state index < -0.39 is 17.1 Å². The Kier molecular flexibility index (Phi) is 5.67. The Hall–Kier alpha value is -3.72. The maximum absolute atomic E-state index is 14.0. The van der Waals surface area contributed by atoms with Crippen LogP contribution in [-0.2, 0) is 20.6 Å². The molecule has 0 aliphatic heterocycles. The number of hydrazone groups is 1. The zero-order valence-corrected chi connectivity index (χ0v) is 18.4. The van der Waals surface area contributed by atoms with Gasteiger partial charge in [-0.15, -0.1) is 0 Å². The van der Waals surface area contributed by atoms with E-state index in [1.807, 2.05) is 31.2 Å². The molecule has 2 aromatic heterocycles.